The van der Waals surface area contributed by atoms with Gasteiger partial charge < -0.3 is 10.7 Å². The quantitative estimate of drug-likeness (QED) is 0.779. The van der Waals surface area contributed by atoms with Crippen LogP contribution < -0.4 is 5.73 Å². The van der Waals surface area contributed by atoms with E-state index < -0.39 is 11.7 Å². The first-order valence-electron chi connectivity index (χ1n) is 4.15. The zero-order valence-electron chi connectivity index (χ0n) is 7.77. The van der Waals surface area contributed by atoms with Gasteiger partial charge in [-0.3, -0.25) is 4.79 Å². The molecule has 0 fully saturated rings. The number of hydrogen-bond donors (Lipinski definition) is 2. The lowest BCUT2D eigenvalue weighted by Gasteiger charge is -1.98. The number of aromatic amines is 1. The molecule has 78 valence electrons. The van der Waals surface area contributed by atoms with Crippen molar-refractivity contribution in [1.29, 1.82) is 0 Å². The van der Waals surface area contributed by atoms with E-state index in [4.69, 9.17) is 17.3 Å². The standard InChI is InChI=1S/C9H7ClFN3O/c1-3-6(10)7(11)4-2-5(8(12)15)14-9(4)13-3/h2H,1H3,(H2,12,15)(H,13,14). The number of carbonyl (C=O) groups excluding carboxylic acids is 1. The molecular formula is C9H7ClFN3O. The van der Waals surface area contributed by atoms with Crippen molar-refractivity contribution in [3.8, 4) is 0 Å². The van der Waals surface area contributed by atoms with Gasteiger partial charge in [0.2, 0.25) is 0 Å². The average Bonchev–Trinajstić information content (AvgIpc) is 2.58. The second-order valence-electron chi connectivity index (χ2n) is 3.13. The Hall–Kier alpha value is -1.62. The highest BCUT2D eigenvalue weighted by atomic mass is 35.5. The van der Waals surface area contributed by atoms with E-state index in [-0.39, 0.29) is 21.7 Å². The molecule has 2 rings (SSSR count). The Morgan fingerprint density at radius 2 is 2.33 bits per heavy atom. The molecule has 0 saturated heterocycles. The minimum Gasteiger partial charge on any atom is -0.364 e. The van der Waals surface area contributed by atoms with Crippen LogP contribution in [0.15, 0.2) is 6.07 Å². The van der Waals surface area contributed by atoms with Gasteiger partial charge >= 0.3 is 0 Å². The summed E-state index contributed by atoms with van der Waals surface area (Å²) in [4.78, 5) is 17.5. The van der Waals surface area contributed by atoms with Crippen molar-refractivity contribution in [2.24, 2.45) is 5.73 Å². The van der Waals surface area contributed by atoms with Gasteiger partial charge in [-0.1, -0.05) is 11.6 Å². The molecule has 0 spiro atoms. The monoisotopic (exact) mass is 227 g/mol. The molecule has 2 aromatic heterocycles. The lowest BCUT2D eigenvalue weighted by atomic mass is 10.2. The third kappa shape index (κ3) is 1.45. The molecule has 0 unspecified atom stereocenters. The van der Waals surface area contributed by atoms with Crippen molar-refractivity contribution < 1.29 is 9.18 Å². The van der Waals surface area contributed by atoms with Crippen LogP contribution in [0.25, 0.3) is 11.0 Å². The number of aromatic nitrogens is 2. The first kappa shape index (κ1) is 9.92. The first-order chi connectivity index (χ1) is 7.00. The van der Waals surface area contributed by atoms with Gasteiger partial charge in [0, 0.05) is 0 Å². The fourth-order valence-electron chi connectivity index (χ4n) is 1.33. The number of primary amides is 1. The van der Waals surface area contributed by atoms with Crippen molar-refractivity contribution in [3.05, 3.63) is 28.3 Å². The minimum absolute atomic E-state index is 0.0440. The number of aryl methyl sites for hydroxylation is 1. The molecule has 15 heavy (non-hydrogen) atoms. The van der Waals surface area contributed by atoms with Crippen molar-refractivity contribution in [2.45, 2.75) is 6.92 Å². The number of nitrogens with one attached hydrogen (secondary N) is 1. The number of nitrogens with two attached hydrogens (primary N) is 1. The minimum atomic E-state index is -0.666. The Morgan fingerprint density at radius 1 is 1.67 bits per heavy atom. The highest BCUT2D eigenvalue weighted by molar-refractivity contribution is 6.32. The summed E-state index contributed by atoms with van der Waals surface area (Å²) in [5, 5.41) is 0.122. The molecule has 0 aliphatic rings. The third-order valence-electron chi connectivity index (χ3n) is 2.09. The van der Waals surface area contributed by atoms with E-state index in [0.717, 1.165) is 0 Å². The maximum Gasteiger partial charge on any atom is 0.265 e. The van der Waals surface area contributed by atoms with Crippen LogP contribution in [0.2, 0.25) is 5.02 Å². The van der Waals surface area contributed by atoms with Crippen LogP contribution in [0.5, 0.6) is 0 Å². The van der Waals surface area contributed by atoms with Crippen LogP contribution in [-0.4, -0.2) is 15.9 Å². The predicted molar refractivity (Wildman–Crippen MR) is 54.3 cm³/mol. The number of H-pyrrole nitrogens is 1. The van der Waals surface area contributed by atoms with Crippen LogP contribution >= 0.6 is 11.6 Å². The van der Waals surface area contributed by atoms with Gasteiger partial charge in [-0.05, 0) is 13.0 Å². The topological polar surface area (TPSA) is 71.8 Å². The Bertz CT molecular complexity index is 564. The fraction of sp³-hybridized carbons (Fsp3) is 0.111. The third-order valence-corrected chi connectivity index (χ3v) is 2.53. The molecule has 6 heteroatoms. The Kier molecular flexibility index (Phi) is 2.12. The molecule has 2 aromatic rings. The largest absolute Gasteiger partial charge is 0.364 e. The summed E-state index contributed by atoms with van der Waals surface area (Å²) in [5.41, 5.74) is 5.79. The summed E-state index contributed by atoms with van der Waals surface area (Å²) in [7, 11) is 0. The first-order valence-corrected chi connectivity index (χ1v) is 4.52. The Labute approximate surface area is 89.2 Å². The number of halogens is 2. The lowest BCUT2D eigenvalue weighted by Crippen LogP contribution is -2.10. The number of fused-ring (bicyclic) bond motifs is 1. The van der Waals surface area contributed by atoms with Crippen molar-refractivity contribution >= 4 is 28.5 Å². The Balaban J connectivity index is 2.82. The van der Waals surface area contributed by atoms with Gasteiger partial charge in [-0.25, -0.2) is 9.37 Å². The predicted octanol–water partition coefficient (Wildman–Crippen LogP) is 1.76. The summed E-state index contributed by atoms with van der Waals surface area (Å²) < 4.78 is 13.6. The number of rotatable bonds is 1. The van der Waals surface area contributed by atoms with Crippen LogP contribution in [0.4, 0.5) is 4.39 Å². The van der Waals surface area contributed by atoms with Crippen molar-refractivity contribution in [1.82, 2.24) is 9.97 Å². The smallest absolute Gasteiger partial charge is 0.265 e. The van der Waals surface area contributed by atoms with E-state index in [2.05, 4.69) is 9.97 Å². The van der Waals surface area contributed by atoms with Gasteiger partial charge in [0.05, 0.1) is 16.1 Å². The second kappa shape index (κ2) is 3.20. The van der Waals surface area contributed by atoms with E-state index in [1.165, 1.54) is 6.07 Å². The Morgan fingerprint density at radius 3 is 2.93 bits per heavy atom. The molecule has 1 amide bonds. The highest BCUT2D eigenvalue weighted by Gasteiger charge is 2.14. The number of pyridine rings is 1. The SMILES string of the molecule is Cc1nc2[nH]c(C(N)=O)cc2c(F)c1Cl. The molecular weight excluding hydrogens is 221 g/mol. The van der Waals surface area contributed by atoms with Gasteiger partial charge in [-0.15, -0.1) is 0 Å². The van der Waals surface area contributed by atoms with Crippen molar-refractivity contribution in [3.63, 3.8) is 0 Å². The molecule has 0 bridgehead atoms. The fourth-order valence-corrected chi connectivity index (χ4v) is 1.47. The lowest BCUT2D eigenvalue weighted by molar-refractivity contribution is 0.0996. The molecule has 0 saturated carbocycles. The highest BCUT2D eigenvalue weighted by Crippen LogP contribution is 2.25. The van der Waals surface area contributed by atoms with Gasteiger partial charge in [-0.2, -0.15) is 0 Å². The normalized spacial score (nSPS) is 10.9. The zero-order valence-corrected chi connectivity index (χ0v) is 8.52. The van der Waals surface area contributed by atoms with Crippen LogP contribution in [-0.2, 0) is 0 Å². The molecule has 3 N–H and O–H groups in total. The maximum absolute atomic E-state index is 13.6. The molecule has 2 heterocycles. The van der Waals surface area contributed by atoms with Gasteiger partial charge in [0.15, 0.2) is 5.82 Å². The van der Waals surface area contributed by atoms with E-state index in [1.807, 2.05) is 0 Å². The maximum atomic E-state index is 13.6. The second-order valence-corrected chi connectivity index (χ2v) is 3.51. The molecule has 0 radical (unpaired) electrons. The van der Waals surface area contributed by atoms with Crippen LogP contribution in [0.3, 0.4) is 0 Å². The van der Waals surface area contributed by atoms with Crippen molar-refractivity contribution in [2.75, 3.05) is 0 Å². The van der Waals surface area contributed by atoms with Crippen LogP contribution in [0.1, 0.15) is 16.2 Å². The number of hydrogen-bond acceptors (Lipinski definition) is 2. The summed E-state index contributed by atoms with van der Waals surface area (Å²) in [5.74, 6) is -1.26. The number of carbonyl (C=O) groups is 1. The molecule has 0 aliphatic carbocycles. The number of amides is 1. The van der Waals surface area contributed by atoms with Gasteiger partial charge in [0.25, 0.3) is 5.91 Å². The average molecular weight is 228 g/mol. The summed E-state index contributed by atoms with van der Waals surface area (Å²) in [6.45, 7) is 1.58. The zero-order chi connectivity index (χ0) is 11.2. The van der Waals surface area contributed by atoms with E-state index in [0.29, 0.717) is 5.69 Å². The summed E-state index contributed by atoms with van der Waals surface area (Å²) in [6, 6.07) is 1.30. The molecule has 0 aromatic carbocycles. The molecule has 0 aliphatic heterocycles. The van der Waals surface area contributed by atoms with Gasteiger partial charge in [0.1, 0.15) is 11.3 Å². The molecule has 4 nitrogen and oxygen atoms in total. The molecule has 0 atom stereocenters. The van der Waals surface area contributed by atoms with E-state index >= 15 is 0 Å². The van der Waals surface area contributed by atoms with Crippen LogP contribution in [0, 0.1) is 12.7 Å². The van der Waals surface area contributed by atoms with E-state index in [1.54, 1.807) is 6.92 Å². The summed E-state index contributed by atoms with van der Waals surface area (Å²) in [6.07, 6.45) is 0. The van der Waals surface area contributed by atoms with E-state index in [9.17, 15) is 9.18 Å². The number of nitrogens with zero attached hydrogens (tertiary/aromatic N) is 1. The summed E-state index contributed by atoms with van der Waals surface area (Å²) >= 11 is 5.68.